The molecule has 20 heavy (non-hydrogen) atoms. The molecule has 0 aliphatic rings. The maximum atomic E-state index is 11.7. The fourth-order valence-corrected chi connectivity index (χ4v) is 3.03. The molecule has 1 aromatic heterocycles. The van der Waals surface area contributed by atoms with Crippen molar-refractivity contribution in [3.8, 4) is 22.1 Å². The fourth-order valence-electron chi connectivity index (χ4n) is 1.96. The average molecular weight is 291 g/mol. The molecule has 1 aromatic carbocycles. The van der Waals surface area contributed by atoms with Gasteiger partial charge in [-0.15, -0.1) is 11.3 Å². The Bertz CT molecular complexity index is 634. The molecule has 0 aliphatic carbocycles. The summed E-state index contributed by atoms with van der Waals surface area (Å²) in [6.45, 7) is 3.56. The van der Waals surface area contributed by atoms with E-state index >= 15 is 0 Å². The van der Waals surface area contributed by atoms with Gasteiger partial charge in [0.1, 0.15) is 16.5 Å². The fraction of sp³-hybridized carbons (Fsp3) is 0.333. The third kappa shape index (κ3) is 2.67. The molecule has 0 spiro atoms. The number of carbonyl (C=O) groups excluding carboxylic acids is 1. The molecule has 0 radical (unpaired) electrons. The molecule has 0 N–H and O–H groups in total. The molecule has 1 heterocycles. The molecule has 2 rings (SSSR count). The van der Waals surface area contributed by atoms with Crippen LogP contribution in [0.15, 0.2) is 18.2 Å². The SMILES string of the molecule is CCc1nc(-c2cc(OC)ccc2OC)sc1C(C)=O. The summed E-state index contributed by atoms with van der Waals surface area (Å²) in [4.78, 5) is 16.9. The molecular formula is C15H17NO3S. The van der Waals surface area contributed by atoms with Crippen molar-refractivity contribution in [2.45, 2.75) is 20.3 Å². The van der Waals surface area contributed by atoms with E-state index in [-0.39, 0.29) is 5.78 Å². The number of carbonyl (C=O) groups is 1. The van der Waals surface area contributed by atoms with E-state index in [0.29, 0.717) is 4.88 Å². The number of ether oxygens (including phenoxy) is 2. The minimum absolute atomic E-state index is 0.0486. The van der Waals surface area contributed by atoms with Crippen LogP contribution in [-0.2, 0) is 6.42 Å². The van der Waals surface area contributed by atoms with Gasteiger partial charge in [-0.3, -0.25) is 4.79 Å². The predicted molar refractivity (Wildman–Crippen MR) is 80.0 cm³/mol. The topological polar surface area (TPSA) is 48.4 Å². The van der Waals surface area contributed by atoms with Crippen LogP contribution in [0.2, 0.25) is 0 Å². The van der Waals surface area contributed by atoms with Crippen LogP contribution in [0, 0.1) is 0 Å². The highest BCUT2D eigenvalue weighted by Crippen LogP contribution is 2.37. The number of benzene rings is 1. The molecule has 2 aromatic rings. The zero-order chi connectivity index (χ0) is 14.7. The molecule has 0 fully saturated rings. The third-order valence-electron chi connectivity index (χ3n) is 2.99. The van der Waals surface area contributed by atoms with Crippen molar-refractivity contribution in [1.29, 1.82) is 0 Å². The average Bonchev–Trinajstić information content (AvgIpc) is 2.90. The summed E-state index contributed by atoms with van der Waals surface area (Å²) in [6.07, 6.45) is 0.734. The number of thiazole rings is 1. The quantitative estimate of drug-likeness (QED) is 0.790. The minimum Gasteiger partial charge on any atom is -0.497 e. The maximum absolute atomic E-state index is 11.7. The molecule has 0 unspecified atom stereocenters. The van der Waals surface area contributed by atoms with E-state index in [1.54, 1.807) is 21.1 Å². The number of ketones is 1. The summed E-state index contributed by atoms with van der Waals surface area (Å²) >= 11 is 1.40. The Morgan fingerprint density at radius 1 is 1.30 bits per heavy atom. The lowest BCUT2D eigenvalue weighted by molar-refractivity contribution is 0.102. The van der Waals surface area contributed by atoms with Gasteiger partial charge in [0.05, 0.1) is 30.4 Å². The summed E-state index contributed by atoms with van der Waals surface area (Å²) < 4.78 is 10.6. The van der Waals surface area contributed by atoms with Gasteiger partial charge in [0.2, 0.25) is 0 Å². The lowest BCUT2D eigenvalue weighted by Crippen LogP contribution is -1.93. The summed E-state index contributed by atoms with van der Waals surface area (Å²) in [5, 5.41) is 0.780. The largest absolute Gasteiger partial charge is 0.497 e. The molecule has 106 valence electrons. The summed E-state index contributed by atoms with van der Waals surface area (Å²) in [5.74, 6) is 1.50. The molecule has 0 saturated heterocycles. The van der Waals surface area contributed by atoms with E-state index in [2.05, 4.69) is 4.98 Å². The maximum Gasteiger partial charge on any atom is 0.171 e. The second-order valence-electron chi connectivity index (χ2n) is 4.27. The highest BCUT2D eigenvalue weighted by atomic mass is 32.1. The first-order valence-corrected chi connectivity index (χ1v) is 7.15. The van der Waals surface area contributed by atoms with Gasteiger partial charge in [0.25, 0.3) is 0 Å². The van der Waals surface area contributed by atoms with Crippen molar-refractivity contribution in [2.75, 3.05) is 14.2 Å². The number of hydrogen-bond donors (Lipinski definition) is 0. The van der Waals surface area contributed by atoms with Crippen LogP contribution in [0.4, 0.5) is 0 Å². The smallest absolute Gasteiger partial charge is 0.171 e. The molecule has 4 nitrogen and oxygen atoms in total. The van der Waals surface area contributed by atoms with Crippen LogP contribution in [0.5, 0.6) is 11.5 Å². The lowest BCUT2D eigenvalue weighted by atomic mass is 10.2. The van der Waals surface area contributed by atoms with E-state index < -0.39 is 0 Å². The van der Waals surface area contributed by atoms with Gasteiger partial charge in [0.15, 0.2) is 5.78 Å². The van der Waals surface area contributed by atoms with Crippen LogP contribution >= 0.6 is 11.3 Å². The minimum atomic E-state index is 0.0486. The Labute approximate surface area is 122 Å². The van der Waals surface area contributed by atoms with Crippen molar-refractivity contribution < 1.29 is 14.3 Å². The van der Waals surface area contributed by atoms with Crippen molar-refractivity contribution in [3.63, 3.8) is 0 Å². The van der Waals surface area contributed by atoms with E-state index in [1.165, 1.54) is 11.3 Å². The first kappa shape index (κ1) is 14.5. The standard InChI is InChI=1S/C15H17NO3S/c1-5-12-14(9(2)17)20-15(16-12)11-8-10(18-3)6-7-13(11)19-4/h6-8H,5H2,1-4H3. The summed E-state index contributed by atoms with van der Waals surface area (Å²) in [6, 6.07) is 5.55. The number of rotatable bonds is 5. The zero-order valence-electron chi connectivity index (χ0n) is 12.0. The number of hydrogen-bond acceptors (Lipinski definition) is 5. The zero-order valence-corrected chi connectivity index (χ0v) is 12.8. The van der Waals surface area contributed by atoms with Gasteiger partial charge in [-0.05, 0) is 24.6 Å². The van der Waals surface area contributed by atoms with E-state index in [9.17, 15) is 4.79 Å². The molecule has 5 heteroatoms. The predicted octanol–water partition coefficient (Wildman–Crippen LogP) is 3.59. The highest BCUT2D eigenvalue weighted by molar-refractivity contribution is 7.17. The van der Waals surface area contributed by atoms with E-state index in [4.69, 9.17) is 9.47 Å². The number of nitrogens with zero attached hydrogens (tertiary/aromatic N) is 1. The van der Waals surface area contributed by atoms with Crippen LogP contribution in [-0.4, -0.2) is 25.0 Å². The Morgan fingerprint density at radius 3 is 2.55 bits per heavy atom. The summed E-state index contributed by atoms with van der Waals surface area (Å²) in [5.41, 5.74) is 1.68. The highest BCUT2D eigenvalue weighted by Gasteiger charge is 2.17. The molecule has 0 bridgehead atoms. The van der Waals surface area contributed by atoms with Crippen molar-refractivity contribution in [1.82, 2.24) is 4.98 Å². The van der Waals surface area contributed by atoms with Gasteiger partial charge in [-0.25, -0.2) is 4.98 Å². The second kappa shape index (κ2) is 6.05. The van der Waals surface area contributed by atoms with Crippen LogP contribution in [0.3, 0.4) is 0 Å². The van der Waals surface area contributed by atoms with Crippen molar-refractivity contribution >= 4 is 17.1 Å². The number of aryl methyl sites for hydroxylation is 1. The number of methoxy groups -OCH3 is 2. The first-order chi connectivity index (χ1) is 9.60. The molecular weight excluding hydrogens is 274 g/mol. The van der Waals surface area contributed by atoms with Gasteiger partial charge in [-0.2, -0.15) is 0 Å². The van der Waals surface area contributed by atoms with Gasteiger partial charge < -0.3 is 9.47 Å². The Balaban J connectivity index is 2.58. The van der Waals surface area contributed by atoms with Crippen molar-refractivity contribution in [2.24, 2.45) is 0 Å². The molecule has 0 aliphatic heterocycles. The summed E-state index contributed by atoms with van der Waals surface area (Å²) in [7, 11) is 3.23. The van der Waals surface area contributed by atoms with Crippen molar-refractivity contribution in [3.05, 3.63) is 28.8 Å². The van der Waals surface area contributed by atoms with Gasteiger partial charge in [0, 0.05) is 6.92 Å². The number of aromatic nitrogens is 1. The normalized spacial score (nSPS) is 10.4. The Kier molecular flexibility index (Phi) is 4.39. The van der Waals surface area contributed by atoms with Gasteiger partial charge in [-0.1, -0.05) is 6.92 Å². The number of Topliss-reactive ketones (excluding diaryl/α,β-unsaturated/α-hetero) is 1. The Hall–Kier alpha value is -1.88. The van der Waals surface area contributed by atoms with Crippen LogP contribution in [0.25, 0.3) is 10.6 Å². The monoisotopic (exact) mass is 291 g/mol. The molecule has 0 atom stereocenters. The third-order valence-corrected chi connectivity index (χ3v) is 4.22. The first-order valence-electron chi connectivity index (χ1n) is 6.33. The Morgan fingerprint density at radius 2 is 2.05 bits per heavy atom. The van der Waals surface area contributed by atoms with Crippen LogP contribution in [0.1, 0.15) is 29.2 Å². The molecule has 0 saturated carbocycles. The molecule has 0 amide bonds. The van der Waals surface area contributed by atoms with Crippen LogP contribution < -0.4 is 9.47 Å². The van der Waals surface area contributed by atoms with E-state index in [0.717, 1.165) is 34.2 Å². The van der Waals surface area contributed by atoms with E-state index in [1.807, 2.05) is 25.1 Å². The van der Waals surface area contributed by atoms with Gasteiger partial charge >= 0.3 is 0 Å². The second-order valence-corrected chi connectivity index (χ2v) is 5.27. The lowest BCUT2D eigenvalue weighted by Gasteiger charge is -2.08.